The summed E-state index contributed by atoms with van der Waals surface area (Å²) in [4.78, 5) is 0. The number of hydrogen-bond donors (Lipinski definition) is 1. The first-order valence-electron chi connectivity index (χ1n) is 6.69. The van der Waals surface area contributed by atoms with Gasteiger partial charge in [-0.05, 0) is 29.7 Å². The predicted octanol–water partition coefficient (Wildman–Crippen LogP) is 3.81. The second-order valence-electron chi connectivity index (χ2n) is 5.01. The Kier molecular flexibility index (Phi) is 4.74. The predicted molar refractivity (Wildman–Crippen MR) is 77.4 cm³/mol. The van der Waals surface area contributed by atoms with Gasteiger partial charge in [0.25, 0.3) is 0 Å². The van der Waals surface area contributed by atoms with Gasteiger partial charge in [0.1, 0.15) is 6.61 Å². The van der Waals surface area contributed by atoms with E-state index in [2.05, 4.69) is 0 Å². The molecule has 0 saturated heterocycles. The fourth-order valence-corrected chi connectivity index (χ4v) is 2.06. The van der Waals surface area contributed by atoms with Crippen LogP contribution < -0.4 is 4.74 Å². The molecule has 106 valence electrons. The van der Waals surface area contributed by atoms with E-state index in [4.69, 9.17) is 9.84 Å². The summed E-state index contributed by atoms with van der Waals surface area (Å²) in [6, 6.07) is 13.0. The quantitative estimate of drug-likeness (QED) is 0.898. The van der Waals surface area contributed by atoms with Crippen molar-refractivity contribution in [3.05, 3.63) is 65.0 Å². The van der Waals surface area contributed by atoms with Gasteiger partial charge in [0.05, 0.1) is 0 Å². The summed E-state index contributed by atoms with van der Waals surface area (Å²) in [7, 11) is 0. The average Bonchev–Trinajstić information content (AvgIpc) is 2.46. The second kappa shape index (κ2) is 6.53. The number of hydrogen-bond acceptors (Lipinski definition) is 2. The topological polar surface area (TPSA) is 29.5 Å². The highest BCUT2D eigenvalue weighted by Crippen LogP contribution is 2.28. The van der Waals surface area contributed by atoms with E-state index in [1.807, 2.05) is 50.2 Å². The van der Waals surface area contributed by atoms with Crippen LogP contribution in [0.25, 0.3) is 0 Å². The summed E-state index contributed by atoms with van der Waals surface area (Å²) in [6.07, 6.45) is 0. The van der Waals surface area contributed by atoms with Crippen molar-refractivity contribution in [2.45, 2.75) is 26.4 Å². The molecule has 20 heavy (non-hydrogen) atoms. The van der Waals surface area contributed by atoms with E-state index in [9.17, 15) is 4.39 Å². The molecule has 0 aliphatic rings. The van der Waals surface area contributed by atoms with Crippen molar-refractivity contribution in [3.8, 4) is 5.75 Å². The molecule has 1 unspecified atom stereocenters. The van der Waals surface area contributed by atoms with E-state index in [1.165, 1.54) is 6.07 Å². The van der Waals surface area contributed by atoms with Crippen LogP contribution in [0.1, 0.15) is 29.5 Å². The normalized spacial score (nSPS) is 12.2. The molecule has 2 aromatic rings. The summed E-state index contributed by atoms with van der Waals surface area (Å²) in [5, 5.41) is 9.14. The highest BCUT2D eigenvalue weighted by Gasteiger charge is 2.13. The molecule has 0 fully saturated rings. The number of ether oxygens (including phenoxy) is 1. The third kappa shape index (κ3) is 3.36. The van der Waals surface area contributed by atoms with E-state index in [1.54, 1.807) is 0 Å². The molecule has 2 rings (SSSR count). The van der Waals surface area contributed by atoms with Gasteiger partial charge >= 0.3 is 0 Å². The molecule has 1 N–H and O–H groups in total. The Morgan fingerprint density at radius 2 is 1.90 bits per heavy atom. The minimum atomic E-state index is -0.378. The van der Waals surface area contributed by atoms with Crippen LogP contribution in [0.2, 0.25) is 0 Å². The number of aryl methyl sites for hydroxylation is 1. The molecule has 1 atom stereocenters. The van der Waals surface area contributed by atoms with Crippen molar-refractivity contribution in [3.63, 3.8) is 0 Å². The fraction of sp³-hybridized carbons (Fsp3) is 0.294. The van der Waals surface area contributed by atoms with Crippen LogP contribution in [0.15, 0.2) is 42.5 Å². The molecule has 0 saturated carbocycles. The molecular weight excluding hydrogens is 255 g/mol. The van der Waals surface area contributed by atoms with E-state index < -0.39 is 0 Å². The lowest BCUT2D eigenvalue weighted by Gasteiger charge is -2.14. The smallest absolute Gasteiger partial charge is 0.165 e. The molecule has 0 amide bonds. The Morgan fingerprint density at radius 3 is 2.50 bits per heavy atom. The molecule has 0 aliphatic heterocycles. The Bertz CT molecular complexity index is 543. The van der Waals surface area contributed by atoms with Crippen LogP contribution in [-0.4, -0.2) is 11.7 Å². The van der Waals surface area contributed by atoms with Crippen LogP contribution in [0.4, 0.5) is 4.39 Å². The van der Waals surface area contributed by atoms with Gasteiger partial charge in [0.15, 0.2) is 11.6 Å². The molecule has 0 aliphatic carbocycles. The van der Waals surface area contributed by atoms with Crippen molar-refractivity contribution in [1.29, 1.82) is 0 Å². The summed E-state index contributed by atoms with van der Waals surface area (Å²) in [5.41, 5.74) is 2.53. The largest absolute Gasteiger partial charge is 0.486 e. The van der Waals surface area contributed by atoms with Crippen LogP contribution >= 0.6 is 0 Å². The minimum absolute atomic E-state index is 0.00307. The highest BCUT2D eigenvalue weighted by atomic mass is 19.1. The number of aliphatic hydroxyl groups excluding tert-OH is 1. The van der Waals surface area contributed by atoms with E-state index in [0.29, 0.717) is 6.61 Å². The van der Waals surface area contributed by atoms with E-state index in [0.717, 1.165) is 16.7 Å². The lowest BCUT2D eigenvalue weighted by Crippen LogP contribution is -2.04. The molecule has 0 heterocycles. The first-order valence-corrected chi connectivity index (χ1v) is 6.69. The van der Waals surface area contributed by atoms with Gasteiger partial charge in [0.2, 0.25) is 0 Å². The lowest BCUT2D eigenvalue weighted by atomic mass is 9.99. The summed E-state index contributed by atoms with van der Waals surface area (Å²) in [5.74, 6) is -0.176. The maximum absolute atomic E-state index is 14.1. The molecule has 0 spiro atoms. The Balaban J connectivity index is 2.16. The number of benzene rings is 2. The van der Waals surface area contributed by atoms with Gasteiger partial charge in [-0.3, -0.25) is 0 Å². The van der Waals surface area contributed by atoms with Crippen molar-refractivity contribution in [2.75, 3.05) is 6.61 Å². The number of halogens is 1. The van der Waals surface area contributed by atoms with Gasteiger partial charge in [-0.15, -0.1) is 0 Å². The summed E-state index contributed by atoms with van der Waals surface area (Å²) >= 11 is 0. The fourth-order valence-electron chi connectivity index (χ4n) is 2.06. The molecule has 0 aromatic heterocycles. The van der Waals surface area contributed by atoms with E-state index >= 15 is 0 Å². The molecule has 0 bridgehead atoms. The zero-order chi connectivity index (χ0) is 14.5. The van der Waals surface area contributed by atoms with Gasteiger partial charge < -0.3 is 9.84 Å². The summed E-state index contributed by atoms with van der Waals surface area (Å²) in [6.45, 7) is 4.02. The number of rotatable bonds is 5. The zero-order valence-electron chi connectivity index (χ0n) is 11.8. The molecule has 2 nitrogen and oxygen atoms in total. The highest BCUT2D eigenvalue weighted by molar-refractivity contribution is 5.39. The average molecular weight is 274 g/mol. The third-order valence-corrected chi connectivity index (χ3v) is 3.32. The van der Waals surface area contributed by atoms with Crippen molar-refractivity contribution >= 4 is 0 Å². The Hall–Kier alpha value is -1.87. The summed E-state index contributed by atoms with van der Waals surface area (Å²) < 4.78 is 19.7. The van der Waals surface area contributed by atoms with Crippen molar-refractivity contribution in [2.24, 2.45) is 0 Å². The van der Waals surface area contributed by atoms with Crippen LogP contribution in [0, 0.1) is 12.7 Å². The van der Waals surface area contributed by atoms with Crippen LogP contribution in [0.3, 0.4) is 0 Å². The van der Waals surface area contributed by atoms with Crippen molar-refractivity contribution < 1.29 is 14.2 Å². The second-order valence-corrected chi connectivity index (χ2v) is 5.01. The number of aliphatic hydroxyl groups is 1. The van der Waals surface area contributed by atoms with Gasteiger partial charge in [-0.25, -0.2) is 4.39 Å². The van der Waals surface area contributed by atoms with Crippen LogP contribution in [0.5, 0.6) is 5.75 Å². The van der Waals surface area contributed by atoms with Gasteiger partial charge in [-0.1, -0.05) is 43.3 Å². The first-order chi connectivity index (χ1) is 9.61. The molecule has 3 heteroatoms. The zero-order valence-corrected chi connectivity index (χ0v) is 11.8. The van der Waals surface area contributed by atoms with E-state index in [-0.39, 0.29) is 24.1 Å². The SMILES string of the molecule is Cc1cc(C(C)CO)cc(F)c1OCc1ccccc1. The van der Waals surface area contributed by atoms with Gasteiger partial charge in [0, 0.05) is 12.5 Å². The molecule has 2 aromatic carbocycles. The van der Waals surface area contributed by atoms with Gasteiger partial charge in [-0.2, -0.15) is 0 Å². The van der Waals surface area contributed by atoms with Crippen molar-refractivity contribution in [1.82, 2.24) is 0 Å². The Morgan fingerprint density at radius 1 is 1.20 bits per heavy atom. The maximum Gasteiger partial charge on any atom is 0.165 e. The monoisotopic (exact) mass is 274 g/mol. The maximum atomic E-state index is 14.1. The minimum Gasteiger partial charge on any atom is -0.486 e. The lowest BCUT2D eigenvalue weighted by molar-refractivity contribution is 0.271. The van der Waals surface area contributed by atoms with Crippen LogP contribution in [-0.2, 0) is 6.61 Å². The molecular formula is C17H19FO2. The third-order valence-electron chi connectivity index (χ3n) is 3.32. The standard InChI is InChI=1S/C17H19FO2/c1-12-8-15(13(2)10-19)9-16(18)17(12)20-11-14-6-4-3-5-7-14/h3-9,13,19H,10-11H2,1-2H3. The Labute approximate surface area is 118 Å². The molecule has 0 radical (unpaired) electrons. The first kappa shape index (κ1) is 14.5.